The number of carbonyl (C=O) groups is 2. The molecule has 1 aliphatic heterocycles. The lowest BCUT2D eigenvalue weighted by Crippen LogP contribution is -2.40. The molecule has 1 aromatic heterocycles. The first-order chi connectivity index (χ1) is 19.5. The van der Waals surface area contributed by atoms with E-state index in [0.717, 1.165) is 0 Å². The van der Waals surface area contributed by atoms with Crippen molar-refractivity contribution in [3.8, 4) is 17.2 Å². The molecule has 1 aliphatic rings. The number of rotatable bonds is 9. The number of ether oxygens (including phenoxy) is 4. The van der Waals surface area contributed by atoms with Crippen molar-refractivity contribution >= 4 is 51.9 Å². The van der Waals surface area contributed by atoms with E-state index in [-0.39, 0.29) is 23.8 Å². The Bertz CT molecular complexity index is 1700. The molecule has 0 amide bonds. The van der Waals surface area contributed by atoms with Crippen molar-refractivity contribution in [1.29, 1.82) is 0 Å². The number of hydrogen-bond acceptors (Lipinski definition) is 9. The van der Waals surface area contributed by atoms with E-state index in [1.54, 1.807) is 32.1 Å². The van der Waals surface area contributed by atoms with Gasteiger partial charge in [-0.05, 0) is 87.0 Å². The highest BCUT2D eigenvalue weighted by atomic mass is 127. The van der Waals surface area contributed by atoms with Gasteiger partial charge in [-0.25, -0.2) is 9.79 Å². The summed E-state index contributed by atoms with van der Waals surface area (Å²) in [6.07, 6.45) is 1.61. The molecule has 0 spiro atoms. The smallest absolute Gasteiger partial charge is 0.338 e. The van der Waals surface area contributed by atoms with E-state index in [2.05, 4.69) is 27.6 Å². The lowest BCUT2D eigenvalue weighted by atomic mass is 9.95. The lowest BCUT2D eigenvalue weighted by molar-refractivity contribution is -0.139. The second-order valence-corrected chi connectivity index (χ2v) is 11.5. The molecule has 216 valence electrons. The first-order valence-electron chi connectivity index (χ1n) is 13.2. The molecule has 11 heteroatoms. The van der Waals surface area contributed by atoms with Crippen molar-refractivity contribution in [2.45, 2.75) is 53.7 Å². The molecule has 0 saturated carbocycles. The molecule has 0 saturated heterocycles. The Morgan fingerprint density at radius 1 is 1.15 bits per heavy atom. The van der Waals surface area contributed by atoms with Crippen molar-refractivity contribution in [3.05, 3.63) is 82.1 Å². The zero-order valence-electron chi connectivity index (χ0n) is 23.6. The van der Waals surface area contributed by atoms with Gasteiger partial charge in [0.2, 0.25) is 0 Å². The quantitative estimate of drug-likeness (QED) is 0.185. The second kappa shape index (κ2) is 13.0. The van der Waals surface area contributed by atoms with Gasteiger partial charge in [0.05, 0.1) is 38.7 Å². The van der Waals surface area contributed by atoms with E-state index in [1.165, 1.54) is 22.8 Å². The number of allylic oxidation sites excluding steroid dienone is 1. The standard InChI is InChI=1S/C30H31IN2O7S/c1-7-37-23-14-19(13-21(31)27(23)40-18(6)34)15-24-28(35)33-26(20-11-9-10-12-22(20)39-16(3)4)25(29(36)38-8-2)17(5)32-30(33)41-24/h9-16,26H,7-8H2,1-6H3/b24-15-/t26-/m0/s1. The maximum absolute atomic E-state index is 14.0. The second-order valence-electron chi connectivity index (χ2n) is 9.36. The van der Waals surface area contributed by atoms with Gasteiger partial charge >= 0.3 is 11.9 Å². The summed E-state index contributed by atoms with van der Waals surface area (Å²) in [5.41, 5.74) is 1.78. The number of aromatic nitrogens is 1. The number of carbonyl (C=O) groups excluding carboxylic acids is 2. The predicted octanol–water partition coefficient (Wildman–Crippen LogP) is 4.51. The van der Waals surface area contributed by atoms with Gasteiger partial charge in [-0.2, -0.15) is 0 Å². The van der Waals surface area contributed by atoms with Crippen molar-refractivity contribution < 1.29 is 28.5 Å². The Kier molecular flexibility index (Phi) is 9.69. The first-order valence-corrected chi connectivity index (χ1v) is 15.0. The van der Waals surface area contributed by atoms with Gasteiger partial charge in [-0.3, -0.25) is 14.2 Å². The number of thiazole rings is 1. The van der Waals surface area contributed by atoms with Crippen LogP contribution in [0.2, 0.25) is 0 Å². The molecule has 0 N–H and O–H groups in total. The molecule has 4 rings (SSSR count). The first kappa shape index (κ1) is 30.5. The molecule has 0 aliphatic carbocycles. The molecule has 1 atom stereocenters. The molecular formula is C30H31IN2O7S. The molecule has 0 bridgehead atoms. The van der Waals surface area contributed by atoms with Crippen LogP contribution >= 0.6 is 33.9 Å². The number of hydrogen-bond donors (Lipinski definition) is 0. The maximum atomic E-state index is 14.0. The summed E-state index contributed by atoms with van der Waals surface area (Å²) in [5.74, 6) is 0.293. The summed E-state index contributed by atoms with van der Waals surface area (Å²) in [6, 6.07) is 10.1. The van der Waals surface area contributed by atoms with E-state index in [0.29, 0.717) is 53.6 Å². The largest absolute Gasteiger partial charge is 0.491 e. The van der Waals surface area contributed by atoms with Crippen LogP contribution in [0.25, 0.3) is 6.08 Å². The Morgan fingerprint density at radius 2 is 1.88 bits per heavy atom. The Hall–Kier alpha value is -3.45. The van der Waals surface area contributed by atoms with E-state index in [1.807, 2.05) is 45.0 Å². The average Bonchev–Trinajstić information content (AvgIpc) is 3.19. The minimum absolute atomic E-state index is 0.125. The maximum Gasteiger partial charge on any atom is 0.338 e. The number of para-hydroxylation sites is 1. The fourth-order valence-corrected chi connectivity index (χ4v) is 6.26. The summed E-state index contributed by atoms with van der Waals surface area (Å²) in [6.45, 7) is 11.0. The van der Waals surface area contributed by atoms with Gasteiger partial charge in [0.15, 0.2) is 16.3 Å². The highest BCUT2D eigenvalue weighted by Crippen LogP contribution is 2.37. The van der Waals surface area contributed by atoms with Gasteiger partial charge in [-0.15, -0.1) is 0 Å². The Morgan fingerprint density at radius 3 is 2.54 bits per heavy atom. The minimum atomic E-state index is -0.798. The van der Waals surface area contributed by atoms with Crippen LogP contribution in [0.3, 0.4) is 0 Å². The van der Waals surface area contributed by atoms with E-state index in [4.69, 9.17) is 18.9 Å². The molecule has 0 unspecified atom stereocenters. The topological polar surface area (TPSA) is 105 Å². The molecule has 2 aromatic carbocycles. The predicted molar refractivity (Wildman–Crippen MR) is 164 cm³/mol. The SMILES string of the molecule is CCOC(=O)C1=C(C)N=c2s/c(=C\c3cc(I)c(OC(C)=O)c(OCC)c3)c(=O)n2[C@H]1c1ccccc1OC(C)C. The zero-order valence-corrected chi connectivity index (χ0v) is 26.6. The summed E-state index contributed by atoms with van der Waals surface area (Å²) in [7, 11) is 0. The normalized spacial score (nSPS) is 14.9. The molecular weight excluding hydrogens is 659 g/mol. The van der Waals surface area contributed by atoms with Crippen LogP contribution in [-0.4, -0.2) is 35.8 Å². The fraction of sp³-hybridized carbons (Fsp3) is 0.333. The van der Waals surface area contributed by atoms with Gasteiger partial charge in [0.25, 0.3) is 5.56 Å². The third kappa shape index (κ3) is 6.56. The minimum Gasteiger partial charge on any atom is -0.491 e. The number of benzene rings is 2. The van der Waals surface area contributed by atoms with E-state index in [9.17, 15) is 14.4 Å². The summed E-state index contributed by atoms with van der Waals surface area (Å²) < 4.78 is 25.2. The van der Waals surface area contributed by atoms with Crippen LogP contribution in [0.1, 0.15) is 58.7 Å². The summed E-state index contributed by atoms with van der Waals surface area (Å²) in [5, 5.41) is 0. The van der Waals surface area contributed by atoms with Crippen LogP contribution < -0.4 is 29.1 Å². The van der Waals surface area contributed by atoms with Crippen LogP contribution in [-0.2, 0) is 14.3 Å². The third-order valence-electron chi connectivity index (χ3n) is 5.97. The number of fused-ring (bicyclic) bond motifs is 1. The Balaban J connectivity index is 1.95. The summed E-state index contributed by atoms with van der Waals surface area (Å²) >= 11 is 3.29. The monoisotopic (exact) mass is 690 g/mol. The van der Waals surface area contributed by atoms with E-state index < -0.39 is 18.0 Å². The molecule has 9 nitrogen and oxygen atoms in total. The van der Waals surface area contributed by atoms with Gasteiger partial charge in [0.1, 0.15) is 11.8 Å². The highest BCUT2D eigenvalue weighted by molar-refractivity contribution is 14.1. The number of halogens is 1. The van der Waals surface area contributed by atoms with Crippen LogP contribution in [0.15, 0.2) is 57.5 Å². The van der Waals surface area contributed by atoms with Crippen LogP contribution in [0.4, 0.5) is 0 Å². The van der Waals surface area contributed by atoms with Crippen LogP contribution in [0.5, 0.6) is 17.2 Å². The van der Waals surface area contributed by atoms with Gasteiger partial charge in [0, 0.05) is 12.5 Å². The summed E-state index contributed by atoms with van der Waals surface area (Å²) in [4.78, 5) is 44.0. The molecule has 0 radical (unpaired) electrons. The van der Waals surface area contributed by atoms with Gasteiger partial charge < -0.3 is 18.9 Å². The molecule has 41 heavy (non-hydrogen) atoms. The zero-order chi connectivity index (χ0) is 29.8. The molecule has 0 fully saturated rings. The lowest BCUT2D eigenvalue weighted by Gasteiger charge is -2.26. The van der Waals surface area contributed by atoms with Crippen molar-refractivity contribution in [2.24, 2.45) is 4.99 Å². The Labute approximate surface area is 255 Å². The van der Waals surface area contributed by atoms with Crippen molar-refractivity contribution in [3.63, 3.8) is 0 Å². The van der Waals surface area contributed by atoms with E-state index >= 15 is 0 Å². The fourth-order valence-electron chi connectivity index (χ4n) is 4.48. The average molecular weight is 691 g/mol. The van der Waals surface area contributed by atoms with Gasteiger partial charge in [-0.1, -0.05) is 29.5 Å². The number of nitrogens with zero attached hydrogens (tertiary/aromatic N) is 2. The molecule has 3 aromatic rings. The highest BCUT2D eigenvalue weighted by Gasteiger charge is 2.35. The molecule has 2 heterocycles. The van der Waals surface area contributed by atoms with Crippen molar-refractivity contribution in [2.75, 3.05) is 13.2 Å². The van der Waals surface area contributed by atoms with Crippen molar-refractivity contribution in [1.82, 2.24) is 4.57 Å². The third-order valence-corrected chi connectivity index (χ3v) is 7.75. The van der Waals surface area contributed by atoms with Crippen LogP contribution in [0, 0.1) is 3.57 Å². The number of esters is 2.